The van der Waals surface area contributed by atoms with Gasteiger partial charge < -0.3 is 15.5 Å². The van der Waals surface area contributed by atoms with Crippen LogP contribution in [-0.2, 0) is 0 Å². The molecule has 2 aliphatic rings. The predicted molar refractivity (Wildman–Crippen MR) is 89.4 cm³/mol. The second-order valence-corrected chi connectivity index (χ2v) is 6.84. The van der Waals surface area contributed by atoms with E-state index < -0.39 is 0 Å². The Kier molecular flexibility index (Phi) is 5.00. The molecule has 6 nitrogen and oxygen atoms in total. The van der Waals surface area contributed by atoms with Gasteiger partial charge in [0.25, 0.3) is 0 Å². The third-order valence-corrected chi connectivity index (χ3v) is 5.09. The van der Waals surface area contributed by atoms with E-state index >= 15 is 0 Å². The molecule has 2 N–H and O–H groups in total. The van der Waals surface area contributed by atoms with Gasteiger partial charge in [0.2, 0.25) is 17.8 Å². The summed E-state index contributed by atoms with van der Waals surface area (Å²) < 4.78 is 0. The van der Waals surface area contributed by atoms with Crippen LogP contribution in [-0.4, -0.2) is 52.6 Å². The highest BCUT2D eigenvalue weighted by Crippen LogP contribution is 2.22. The highest BCUT2D eigenvalue weighted by molar-refractivity contribution is 7.99. The fourth-order valence-corrected chi connectivity index (χ4v) is 3.91. The first-order chi connectivity index (χ1) is 10.3. The van der Waals surface area contributed by atoms with Crippen LogP contribution in [0.5, 0.6) is 0 Å². The van der Waals surface area contributed by atoms with E-state index in [2.05, 4.69) is 30.5 Å². The first kappa shape index (κ1) is 14.7. The van der Waals surface area contributed by atoms with Gasteiger partial charge in [0, 0.05) is 26.2 Å². The SMILES string of the molecule is CNc1nc(NC2CCSCC2)nc(N2CCCCC2)n1. The van der Waals surface area contributed by atoms with Crippen LogP contribution in [0.1, 0.15) is 32.1 Å². The monoisotopic (exact) mass is 308 g/mol. The van der Waals surface area contributed by atoms with Gasteiger partial charge in [-0.15, -0.1) is 0 Å². The normalized spacial score (nSPS) is 20.3. The van der Waals surface area contributed by atoms with E-state index in [1.165, 1.54) is 43.6 Å². The zero-order valence-electron chi connectivity index (χ0n) is 12.6. The number of nitrogens with one attached hydrogen (secondary N) is 2. The third kappa shape index (κ3) is 3.90. The predicted octanol–water partition coefficient (Wildman–Crippen LogP) is 2.21. The van der Waals surface area contributed by atoms with Gasteiger partial charge >= 0.3 is 0 Å². The number of thioether (sulfide) groups is 1. The van der Waals surface area contributed by atoms with Crippen molar-refractivity contribution in [1.29, 1.82) is 0 Å². The summed E-state index contributed by atoms with van der Waals surface area (Å²) in [6.07, 6.45) is 6.13. The molecule has 3 heterocycles. The molecule has 0 spiro atoms. The van der Waals surface area contributed by atoms with Gasteiger partial charge in [-0.05, 0) is 43.6 Å². The van der Waals surface area contributed by atoms with Gasteiger partial charge in [0.15, 0.2) is 0 Å². The van der Waals surface area contributed by atoms with Crippen LogP contribution in [0.4, 0.5) is 17.8 Å². The largest absolute Gasteiger partial charge is 0.357 e. The molecule has 2 saturated heterocycles. The minimum Gasteiger partial charge on any atom is -0.357 e. The number of anilines is 3. The Morgan fingerprint density at radius 3 is 2.43 bits per heavy atom. The Hall–Kier alpha value is -1.24. The lowest BCUT2D eigenvalue weighted by atomic mass is 10.1. The van der Waals surface area contributed by atoms with Crippen molar-refractivity contribution in [2.24, 2.45) is 0 Å². The Labute approximate surface area is 130 Å². The van der Waals surface area contributed by atoms with E-state index in [0.717, 1.165) is 19.0 Å². The molecule has 7 heteroatoms. The summed E-state index contributed by atoms with van der Waals surface area (Å²) in [6.45, 7) is 2.10. The zero-order valence-corrected chi connectivity index (χ0v) is 13.5. The van der Waals surface area contributed by atoms with E-state index in [0.29, 0.717) is 17.9 Å². The first-order valence-corrected chi connectivity index (χ1v) is 9.03. The first-order valence-electron chi connectivity index (χ1n) is 7.88. The van der Waals surface area contributed by atoms with E-state index in [1.54, 1.807) is 0 Å². The molecule has 1 aromatic rings. The fourth-order valence-electron chi connectivity index (χ4n) is 2.80. The molecule has 0 atom stereocenters. The number of hydrogen-bond donors (Lipinski definition) is 2. The van der Waals surface area contributed by atoms with Crippen LogP contribution in [0.15, 0.2) is 0 Å². The summed E-state index contributed by atoms with van der Waals surface area (Å²) in [7, 11) is 1.86. The highest BCUT2D eigenvalue weighted by atomic mass is 32.2. The molecule has 3 rings (SSSR count). The van der Waals surface area contributed by atoms with E-state index in [9.17, 15) is 0 Å². The van der Waals surface area contributed by atoms with Crippen LogP contribution < -0.4 is 15.5 Å². The van der Waals surface area contributed by atoms with Gasteiger partial charge in [-0.2, -0.15) is 26.7 Å². The number of hydrogen-bond acceptors (Lipinski definition) is 7. The van der Waals surface area contributed by atoms with Gasteiger partial charge in [-0.3, -0.25) is 0 Å². The fraction of sp³-hybridized carbons (Fsp3) is 0.786. The van der Waals surface area contributed by atoms with Crippen molar-refractivity contribution in [3.8, 4) is 0 Å². The van der Waals surface area contributed by atoms with Gasteiger partial charge in [-0.25, -0.2) is 0 Å². The molecule has 0 aromatic carbocycles. The minimum absolute atomic E-state index is 0.493. The Morgan fingerprint density at radius 1 is 1.00 bits per heavy atom. The summed E-state index contributed by atoms with van der Waals surface area (Å²) in [5.74, 6) is 4.62. The Bertz CT molecular complexity index is 457. The van der Waals surface area contributed by atoms with Crippen LogP contribution in [0.2, 0.25) is 0 Å². The van der Waals surface area contributed by atoms with Crippen molar-refractivity contribution < 1.29 is 0 Å². The molecule has 0 aliphatic carbocycles. The van der Waals surface area contributed by atoms with E-state index in [1.807, 2.05) is 18.8 Å². The number of piperidine rings is 1. The smallest absolute Gasteiger partial charge is 0.231 e. The maximum absolute atomic E-state index is 4.64. The average molecular weight is 308 g/mol. The summed E-state index contributed by atoms with van der Waals surface area (Å²) in [5, 5.41) is 6.54. The molecule has 0 bridgehead atoms. The van der Waals surface area contributed by atoms with E-state index in [-0.39, 0.29) is 0 Å². The van der Waals surface area contributed by atoms with Crippen molar-refractivity contribution in [2.45, 2.75) is 38.1 Å². The lowest BCUT2D eigenvalue weighted by Crippen LogP contribution is -2.32. The standard InChI is InChI=1S/C14H24N6S/c1-15-12-17-13(16-11-5-9-21-10-6-11)19-14(18-12)20-7-3-2-4-8-20/h11H,2-10H2,1H3,(H2,15,16,17,18,19). The summed E-state index contributed by atoms with van der Waals surface area (Å²) >= 11 is 2.03. The Morgan fingerprint density at radius 2 is 1.71 bits per heavy atom. The molecule has 2 aliphatic heterocycles. The number of nitrogens with zero attached hydrogens (tertiary/aromatic N) is 4. The number of aromatic nitrogens is 3. The second-order valence-electron chi connectivity index (χ2n) is 5.61. The summed E-state index contributed by atoms with van der Waals surface area (Å²) in [4.78, 5) is 15.9. The van der Waals surface area contributed by atoms with Crippen molar-refractivity contribution in [3.63, 3.8) is 0 Å². The third-order valence-electron chi connectivity index (χ3n) is 4.04. The van der Waals surface area contributed by atoms with Crippen LogP contribution in [0, 0.1) is 0 Å². The minimum atomic E-state index is 0.493. The van der Waals surface area contributed by atoms with Crippen molar-refractivity contribution in [1.82, 2.24) is 15.0 Å². The molecular formula is C14H24N6S. The second kappa shape index (κ2) is 7.15. The topological polar surface area (TPSA) is 66.0 Å². The molecule has 1 aromatic heterocycles. The molecule has 0 amide bonds. The molecular weight excluding hydrogens is 284 g/mol. The number of rotatable bonds is 4. The van der Waals surface area contributed by atoms with Crippen LogP contribution in [0.25, 0.3) is 0 Å². The quantitative estimate of drug-likeness (QED) is 0.884. The van der Waals surface area contributed by atoms with Gasteiger partial charge in [-0.1, -0.05) is 0 Å². The highest BCUT2D eigenvalue weighted by Gasteiger charge is 2.18. The molecule has 21 heavy (non-hydrogen) atoms. The molecule has 0 saturated carbocycles. The van der Waals surface area contributed by atoms with Gasteiger partial charge in [0.1, 0.15) is 0 Å². The van der Waals surface area contributed by atoms with Crippen LogP contribution >= 0.6 is 11.8 Å². The van der Waals surface area contributed by atoms with Crippen molar-refractivity contribution in [2.75, 3.05) is 47.2 Å². The molecule has 2 fully saturated rings. The average Bonchev–Trinajstić information content (AvgIpc) is 2.56. The summed E-state index contributed by atoms with van der Waals surface area (Å²) in [5.41, 5.74) is 0. The summed E-state index contributed by atoms with van der Waals surface area (Å²) in [6, 6.07) is 0.493. The van der Waals surface area contributed by atoms with Gasteiger partial charge in [0.05, 0.1) is 0 Å². The maximum atomic E-state index is 4.64. The lowest BCUT2D eigenvalue weighted by Gasteiger charge is -2.27. The molecule has 0 unspecified atom stereocenters. The van der Waals surface area contributed by atoms with Crippen LogP contribution in [0.3, 0.4) is 0 Å². The van der Waals surface area contributed by atoms with E-state index in [4.69, 9.17) is 0 Å². The maximum Gasteiger partial charge on any atom is 0.231 e. The molecule has 0 radical (unpaired) electrons. The zero-order chi connectivity index (χ0) is 14.5. The van der Waals surface area contributed by atoms with Crippen molar-refractivity contribution >= 4 is 29.6 Å². The Balaban J connectivity index is 1.75. The van der Waals surface area contributed by atoms with Crippen molar-refractivity contribution in [3.05, 3.63) is 0 Å². The molecule has 116 valence electrons. The lowest BCUT2D eigenvalue weighted by molar-refractivity contribution is 0.567.